The second-order valence-electron chi connectivity index (χ2n) is 6.17. The van der Waals surface area contributed by atoms with E-state index >= 15 is 0 Å². The first-order valence-corrected chi connectivity index (χ1v) is 7.88. The highest BCUT2D eigenvalue weighted by Crippen LogP contribution is 2.36. The van der Waals surface area contributed by atoms with Gasteiger partial charge in [-0.05, 0) is 37.2 Å². The molecule has 1 aliphatic carbocycles. The number of amides is 1. The Kier molecular flexibility index (Phi) is 4.06. The molecule has 0 bridgehead atoms. The molecule has 1 saturated heterocycles. The van der Waals surface area contributed by atoms with Crippen LogP contribution in [0.3, 0.4) is 0 Å². The number of carbonyl (C=O) groups excluding carboxylic acids is 1. The van der Waals surface area contributed by atoms with Gasteiger partial charge >= 0.3 is 0 Å². The van der Waals surface area contributed by atoms with E-state index in [-0.39, 0.29) is 5.91 Å². The van der Waals surface area contributed by atoms with Gasteiger partial charge in [0.1, 0.15) is 6.04 Å². The van der Waals surface area contributed by atoms with Crippen molar-refractivity contribution in [2.75, 3.05) is 6.54 Å². The normalized spacial score (nSPS) is 27.8. The predicted octanol–water partition coefficient (Wildman–Crippen LogP) is 2.87. The summed E-state index contributed by atoms with van der Waals surface area (Å²) >= 11 is 0. The van der Waals surface area contributed by atoms with E-state index in [2.05, 4.69) is 4.90 Å². The maximum Gasteiger partial charge on any atom is 0.244 e. The average molecular weight is 272 g/mol. The van der Waals surface area contributed by atoms with Crippen molar-refractivity contribution in [3.63, 3.8) is 0 Å². The summed E-state index contributed by atoms with van der Waals surface area (Å²) in [4.78, 5) is 14.8. The van der Waals surface area contributed by atoms with Crippen molar-refractivity contribution in [2.45, 2.75) is 50.6 Å². The van der Waals surface area contributed by atoms with Crippen LogP contribution >= 0.6 is 0 Å². The summed E-state index contributed by atoms with van der Waals surface area (Å²) in [5.74, 6) is 0.831. The summed E-state index contributed by atoms with van der Waals surface area (Å²) in [5, 5.41) is 0. The molecule has 1 aliphatic heterocycles. The van der Waals surface area contributed by atoms with Crippen molar-refractivity contribution in [2.24, 2.45) is 11.7 Å². The minimum absolute atomic E-state index is 0.118. The monoisotopic (exact) mass is 272 g/mol. The molecule has 1 aromatic rings. The lowest BCUT2D eigenvalue weighted by atomic mass is 9.78. The largest absolute Gasteiger partial charge is 0.338 e. The number of piperidine rings is 1. The maximum absolute atomic E-state index is 12.8. The van der Waals surface area contributed by atoms with Gasteiger partial charge in [0.25, 0.3) is 0 Å². The van der Waals surface area contributed by atoms with E-state index in [1.807, 2.05) is 30.3 Å². The van der Waals surface area contributed by atoms with Crippen molar-refractivity contribution in [1.29, 1.82) is 0 Å². The van der Waals surface area contributed by atoms with Crippen molar-refractivity contribution < 1.29 is 4.79 Å². The molecule has 108 valence electrons. The molecule has 0 aromatic heterocycles. The van der Waals surface area contributed by atoms with Gasteiger partial charge in [-0.25, -0.2) is 0 Å². The molecule has 0 spiro atoms. The number of hydrogen-bond acceptors (Lipinski definition) is 2. The van der Waals surface area contributed by atoms with Crippen molar-refractivity contribution >= 4 is 5.91 Å². The quantitative estimate of drug-likeness (QED) is 0.900. The smallest absolute Gasteiger partial charge is 0.244 e. The van der Waals surface area contributed by atoms with Crippen LogP contribution in [0.1, 0.15) is 50.1 Å². The third kappa shape index (κ3) is 2.59. The molecule has 1 heterocycles. The van der Waals surface area contributed by atoms with Gasteiger partial charge in [-0.3, -0.25) is 4.79 Å². The summed E-state index contributed by atoms with van der Waals surface area (Å²) in [7, 11) is 0. The van der Waals surface area contributed by atoms with Gasteiger partial charge < -0.3 is 10.6 Å². The van der Waals surface area contributed by atoms with Crippen LogP contribution in [0.4, 0.5) is 0 Å². The molecule has 3 heteroatoms. The lowest BCUT2D eigenvalue weighted by Gasteiger charge is -2.45. The number of benzene rings is 1. The van der Waals surface area contributed by atoms with Gasteiger partial charge in [0.15, 0.2) is 0 Å². The van der Waals surface area contributed by atoms with Crippen LogP contribution in [-0.2, 0) is 4.79 Å². The second-order valence-corrected chi connectivity index (χ2v) is 6.17. The maximum atomic E-state index is 12.8. The number of nitrogens with zero attached hydrogens (tertiary/aromatic N) is 1. The number of hydrogen-bond donors (Lipinski definition) is 1. The van der Waals surface area contributed by atoms with E-state index in [1.165, 1.54) is 25.7 Å². The highest BCUT2D eigenvalue weighted by Gasteiger charge is 2.37. The highest BCUT2D eigenvalue weighted by molar-refractivity contribution is 5.83. The van der Waals surface area contributed by atoms with Crippen molar-refractivity contribution in [1.82, 2.24) is 4.90 Å². The summed E-state index contributed by atoms with van der Waals surface area (Å²) in [5.41, 5.74) is 7.13. The Labute approximate surface area is 121 Å². The van der Waals surface area contributed by atoms with Gasteiger partial charge in [-0.1, -0.05) is 43.2 Å². The Morgan fingerprint density at radius 2 is 1.80 bits per heavy atom. The molecule has 3 atom stereocenters. The molecule has 2 unspecified atom stereocenters. The van der Waals surface area contributed by atoms with Crippen LogP contribution < -0.4 is 5.73 Å². The molecular weight excluding hydrogens is 248 g/mol. The van der Waals surface area contributed by atoms with Gasteiger partial charge in [-0.2, -0.15) is 0 Å². The number of likely N-dealkylation sites (tertiary alicyclic amines) is 1. The van der Waals surface area contributed by atoms with E-state index in [1.54, 1.807) is 0 Å². The Hall–Kier alpha value is -1.35. The summed E-state index contributed by atoms with van der Waals surface area (Å²) < 4.78 is 0. The number of fused-ring (bicyclic) bond motifs is 1. The van der Waals surface area contributed by atoms with Crippen LogP contribution in [0.5, 0.6) is 0 Å². The molecular formula is C17H24N2O. The number of rotatable bonds is 2. The van der Waals surface area contributed by atoms with Crippen LogP contribution in [0.25, 0.3) is 0 Å². The van der Waals surface area contributed by atoms with E-state index in [0.717, 1.165) is 24.9 Å². The van der Waals surface area contributed by atoms with Crippen LogP contribution in [0.2, 0.25) is 0 Å². The molecule has 3 rings (SSSR count). The van der Waals surface area contributed by atoms with Crippen LogP contribution in [0, 0.1) is 5.92 Å². The zero-order valence-electron chi connectivity index (χ0n) is 12.0. The van der Waals surface area contributed by atoms with Gasteiger partial charge in [0, 0.05) is 12.6 Å². The zero-order valence-corrected chi connectivity index (χ0v) is 12.0. The third-order valence-corrected chi connectivity index (χ3v) is 4.95. The standard InChI is InChI=1S/C17H24N2O/c18-16(14-8-2-1-3-9-14)17(20)19-12-6-10-13-7-4-5-11-15(13)19/h1-3,8-9,13,15-16H,4-7,10-12,18H2/t13?,15?,16-/m1/s1. The second kappa shape index (κ2) is 5.96. The van der Waals surface area contributed by atoms with E-state index in [4.69, 9.17) is 5.73 Å². The lowest BCUT2D eigenvalue weighted by molar-refractivity contribution is -0.139. The van der Waals surface area contributed by atoms with Gasteiger partial charge in [0.05, 0.1) is 0 Å². The molecule has 3 nitrogen and oxygen atoms in total. The Bertz CT molecular complexity index is 457. The summed E-state index contributed by atoms with van der Waals surface area (Å²) in [6, 6.07) is 9.69. The molecule has 1 aromatic carbocycles. The Morgan fingerprint density at radius 1 is 1.10 bits per heavy atom. The lowest BCUT2D eigenvalue weighted by Crippen LogP contribution is -2.52. The number of nitrogens with two attached hydrogens (primary N) is 1. The molecule has 2 aliphatic rings. The average Bonchev–Trinajstić information content (AvgIpc) is 2.54. The molecule has 20 heavy (non-hydrogen) atoms. The SMILES string of the molecule is N[C@@H](C(=O)N1CCCC2CCCCC21)c1ccccc1. The topological polar surface area (TPSA) is 46.3 Å². The van der Waals surface area contributed by atoms with Crippen LogP contribution in [-0.4, -0.2) is 23.4 Å². The van der Waals surface area contributed by atoms with E-state index < -0.39 is 6.04 Å². The van der Waals surface area contributed by atoms with E-state index in [9.17, 15) is 4.79 Å². The number of carbonyl (C=O) groups is 1. The van der Waals surface area contributed by atoms with Gasteiger partial charge in [-0.15, -0.1) is 0 Å². The molecule has 0 radical (unpaired) electrons. The first-order chi connectivity index (χ1) is 9.77. The first-order valence-electron chi connectivity index (χ1n) is 7.88. The molecule has 1 saturated carbocycles. The minimum atomic E-state index is -0.503. The molecule has 2 fully saturated rings. The fourth-order valence-electron chi connectivity index (χ4n) is 3.88. The Balaban J connectivity index is 1.75. The fraction of sp³-hybridized carbons (Fsp3) is 0.588. The summed E-state index contributed by atoms with van der Waals surface area (Å²) in [6.07, 6.45) is 7.45. The van der Waals surface area contributed by atoms with E-state index in [0.29, 0.717) is 12.0 Å². The van der Waals surface area contributed by atoms with Crippen molar-refractivity contribution in [3.8, 4) is 0 Å². The third-order valence-electron chi connectivity index (χ3n) is 4.95. The Morgan fingerprint density at radius 3 is 2.60 bits per heavy atom. The summed E-state index contributed by atoms with van der Waals surface area (Å²) in [6.45, 7) is 0.889. The minimum Gasteiger partial charge on any atom is -0.338 e. The highest BCUT2D eigenvalue weighted by atomic mass is 16.2. The van der Waals surface area contributed by atoms with Crippen LogP contribution in [0.15, 0.2) is 30.3 Å². The predicted molar refractivity (Wildman–Crippen MR) is 80.1 cm³/mol. The van der Waals surface area contributed by atoms with Gasteiger partial charge in [0.2, 0.25) is 5.91 Å². The zero-order chi connectivity index (χ0) is 13.9. The molecule has 1 amide bonds. The van der Waals surface area contributed by atoms with Crippen molar-refractivity contribution in [3.05, 3.63) is 35.9 Å². The fourth-order valence-corrected chi connectivity index (χ4v) is 3.88. The molecule has 2 N–H and O–H groups in total. The first kappa shape index (κ1) is 13.6.